The number of Topliss-reactive ketones (excluding diaryl/α,β-unsaturated/α-hetero) is 1. The average molecular weight is 350 g/mol. The van der Waals surface area contributed by atoms with Gasteiger partial charge in [0, 0.05) is 17.9 Å². The number of alkyl halides is 3. The van der Waals surface area contributed by atoms with Gasteiger partial charge in [0.1, 0.15) is 5.82 Å². The quantitative estimate of drug-likeness (QED) is 0.592. The maximum atomic E-state index is 13.8. The average Bonchev–Trinajstić information content (AvgIpc) is 2.56. The third-order valence-corrected chi connectivity index (χ3v) is 4.66. The second-order valence-corrected chi connectivity index (χ2v) is 6.43. The Balaban J connectivity index is 2.22. The Morgan fingerprint density at radius 3 is 2.44 bits per heavy atom. The monoisotopic (exact) mass is 350 g/mol. The van der Waals surface area contributed by atoms with Crippen molar-refractivity contribution in [2.45, 2.75) is 44.2 Å². The molecule has 1 nitrogen and oxygen atoms in total. The van der Waals surface area contributed by atoms with Gasteiger partial charge in [-0.15, -0.1) is 0 Å². The van der Waals surface area contributed by atoms with Crippen LogP contribution in [-0.2, 0) is 6.42 Å². The van der Waals surface area contributed by atoms with E-state index in [1.165, 1.54) is 12.1 Å². The predicted octanol–water partition coefficient (Wildman–Crippen LogP) is 5.82. The normalized spacial score (nSPS) is 18.4. The summed E-state index contributed by atoms with van der Waals surface area (Å²) in [5, 5.41) is 0. The van der Waals surface area contributed by atoms with Crippen LogP contribution >= 0.6 is 0 Å². The van der Waals surface area contributed by atoms with Crippen molar-refractivity contribution in [1.82, 2.24) is 0 Å². The van der Waals surface area contributed by atoms with Crippen molar-refractivity contribution >= 4 is 5.78 Å². The van der Waals surface area contributed by atoms with Crippen LogP contribution < -0.4 is 0 Å². The number of ketones is 1. The summed E-state index contributed by atoms with van der Waals surface area (Å²) < 4.78 is 53.6. The Kier molecular flexibility index (Phi) is 4.93. The van der Waals surface area contributed by atoms with Crippen LogP contribution in [0.1, 0.15) is 58.6 Å². The van der Waals surface area contributed by atoms with Crippen molar-refractivity contribution in [3.63, 3.8) is 0 Å². The van der Waals surface area contributed by atoms with Gasteiger partial charge >= 0.3 is 6.18 Å². The first-order valence-electron chi connectivity index (χ1n) is 8.32. The fourth-order valence-electron chi connectivity index (χ4n) is 3.53. The van der Waals surface area contributed by atoms with E-state index in [0.29, 0.717) is 42.4 Å². The maximum absolute atomic E-state index is 13.8. The molecule has 0 N–H and O–H groups in total. The number of benzene rings is 2. The lowest BCUT2D eigenvalue weighted by Gasteiger charge is -2.25. The molecule has 0 saturated carbocycles. The van der Waals surface area contributed by atoms with Crippen LogP contribution in [0.15, 0.2) is 42.5 Å². The summed E-state index contributed by atoms with van der Waals surface area (Å²) in [7, 11) is 0. The van der Waals surface area contributed by atoms with Gasteiger partial charge in [-0.05, 0) is 48.1 Å². The Hall–Kier alpha value is -2.17. The molecule has 0 spiro atoms. The number of hydrogen-bond donors (Lipinski definition) is 0. The number of carbonyl (C=O) groups is 1. The molecular formula is C20H18F4O. The van der Waals surface area contributed by atoms with Crippen molar-refractivity contribution in [2.24, 2.45) is 0 Å². The van der Waals surface area contributed by atoms with E-state index in [2.05, 4.69) is 0 Å². The molecule has 3 rings (SSSR count). The van der Waals surface area contributed by atoms with Gasteiger partial charge in [-0.1, -0.05) is 30.3 Å². The summed E-state index contributed by atoms with van der Waals surface area (Å²) in [4.78, 5) is 12.5. The zero-order valence-corrected chi connectivity index (χ0v) is 13.6. The largest absolute Gasteiger partial charge is 0.390 e. The Morgan fingerprint density at radius 1 is 0.960 bits per heavy atom. The van der Waals surface area contributed by atoms with Gasteiger partial charge in [-0.3, -0.25) is 4.79 Å². The van der Waals surface area contributed by atoms with Crippen LogP contribution in [0.5, 0.6) is 0 Å². The standard InChI is InChI=1S/C20H18F4O/c21-14-10-9-13-5-1-4-8-19(25)16-7-3-2-6-15(16)18(17(13)11-14)12-20(22,23)24/h2-3,6-7,9-11,18H,1,4-5,8,12H2. The highest BCUT2D eigenvalue weighted by Gasteiger charge is 2.36. The topological polar surface area (TPSA) is 17.1 Å². The van der Waals surface area contributed by atoms with Crippen LogP contribution in [0.3, 0.4) is 0 Å². The molecule has 2 aromatic carbocycles. The van der Waals surface area contributed by atoms with E-state index in [4.69, 9.17) is 0 Å². The molecule has 1 aliphatic carbocycles. The Morgan fingerprint density at radius 2 is 1.68 bits per heavy atom. The molecule has 1 atom stereocenters. The molecule has 0 heterocycles. The molecule has 0 amide bonds. The van der Waals surface area contributed by atoms with Crippen molar-refractivity contribution < 1.29 is 22.4 Å². The van der Waals surface area contributed by atoms with Gasteiger partial charge < -0.3 is 0 Å². The summed E-state index contributed by atoms with van der Waals surface area (Å²) in [5.41, 5.74) is 1.70. The van der Waals surface area contributed by atoms with Crippen molar-refractivity contribution in [3.05, 3.63) is 70.5 Å². The van der Waals surface area contributed by atoms with E-state index < -0.39 is 24.3 Å². The minimum Gasteiger partial charge on any atom is -0.294 e. The summed E-state index contributed by atoms with van der Waals surface area (Å²) in [6.45, 7) is 0. The minimum atomic E-state index is -4.42. The van der Waals surface area contributed by atoms with Gasteiger partial charge in [-0.2, -0.15) is 13.2 Å². The van der Waals surface area contributed by atoms with Crippen molar-refractivity contribution in [3.8, 4) is 0 Å². The smallest absolute Gasteiger partial charge is 0.294 e. The van der Waals surface area contributed by atoms with Gasteiger partial charge in [0.25, 0.3) is 0 Å². The van der Waals surface area contributed by atoms with E-state index >= 15 is 0 Å². The van der Waals surface area contributed by atoms with Crippen LogP contribution in [0.2, 0.25) is 0 Å². The van der Waals surface area contributed by atoms with Crippen molar-refractivity contribution in [2.75, 3.05) is 0 Å². The maximum Gasteiger partial charge on any atom is 0.390 e. The van der Waals surface area contributed by atoms with Gasteiger partial charge in [-0.25, -0.2) is 4.39 Å². The second kappa shape index (κ2) is 6.98. The summed E-state index contributed by atoms with van der Waals surface area (Å²) in [6.07, 6.45) is -3.34. The fraction of sp³-hybridized carbons (Fsp3) is 0.350. The fourth-order valence-corrected chi connectivity index (χ4v) is 3.53. The molecule has 5 heteroatoms. The number of halogens is 4. The molecule has 1 aliphatic rings. The lowest BCUT2D eigenvalue weighted by Crippen LogP contribution is -2.19. The molecule has 0 bridgehead atoms. The Bertz CT molecular complexity index is 780. The van der Waals surface area contributed by atoms with Crippen LogP contribution in [-0.4, -0.2) is 12.0 Å². The predicted molar refractivity (Wildman–Crippen MR) is 87.2 cm³/mol. The molecule has 25 heavy (non-hydrogen) atoms. The molecule has 1 unspecified atom stereocenters. The van der Waals surface area contributed by atoms with E-state index in [1.54, 1.807) is 30.3 Å². The van der Waals surface area contributed by atoms with E-state index in [1.807, 2.05) is 0 Å². The molecule has 132 valence electrons. The van der Waals surface area contributed by atoms with Crippen LogP contribution in [0.25, 0.3) is 0 Å². The molecular weight excluding hydrogens is 332 g/mol. The van der Waals surface area contributed by atoms with Gasteiger partial charge in [0.2, 0.25) is 0 Å². The molecule has 0 fully saturated rings. The molecule has 2 aromatic rings. The third-order valence-electron chi connectivity index (χ3n) is 4.66. The van der Waals surface area contributed by atoms with E-state index in [9.17, 15) is 22.4 Å². The van der Waals surface area contributed by atoms with Gasteiger partial charge in [0.15, 0.2) is 5.78 Å². The number of carbonyl (C=O) groups excluding carboxylic acids is 1. The number of hydrogen-bond acceptors (Lipinski definition) is 1. The molecule has 0 radical (unpaired) electrons. The first-order chi connectivity index (χ1) is 11.8. The SMILES string of the molecule is O=C1CCCCc2ccc(F)cc2C(CC(F)(F)F)c2ccccc21. The lowest BCUT2D eigenvalue weighted by atomic mass is 9.80. The minimum absolute atomic E-state index is 0.150. The van der Waals surface area contributed by atoms with Crippen molar-refractivity contribution in [1.29, 1.82) is 0 Å². The highest BCUT2D eigenvalue weighted by molar-refractivity contribution is 5.97. The van der Waals surface area contributed by atoms with Crippen LogP contribution in [0, 0.1) is 5.82 Å². The summed E-state index contributed by atoms with van der Waals surface area (Å²) in [5.74, 6) is -1.79. The molecule has 0 aliphatic heterocycles. The zero-order chi connectivity index (χ0) is 18.0. The lowest BCUT2D eigenvalue weighted by molar-refractivity contribution is -0.136. The number of rotatable bonds is 1. The Labute approximate surface area is 143 Å². The summed E-state index contributed by atoms with van der Waals surface area (Å²) in [6, 6.07) is 10.4. The highest BCUT2D eigenvalue weighted by atomic mass is 19.4. The highest BCUT2D eigenvalue weighted by Crippen LogP contribution is 2.40. The number of fused-ring (bicyclic) bond motifs is 2. The van der Waals surface area contributed by atoms with Gasteiger partial charge in [0.05, 0.1) is 6.42 Å². The zero-order valence-electron chi connectivity index (χ0n) is 13.6. The third kappa shape index (κ3) is 4.09. The van der Waals surface area contributed by atoms with E-state index in [-0.39, 0.29) is 5.78 Å². The second-order valence-electron chi connectivity index (χ2n) is 6.43. The summed E-state index contributed by atoms with van der Waals surface area (Å²) >= 11 is 0. The first-order valence-corrected chi connectivity index (χ1v) is 8.32. The molecule has 0 aromatic heterocycles. The van der Waals surface area contributed by atoms with Crippen LogP contribution in [0.4, 0.5) is 17.6 Å². The van der Waals surface area contributed by atoms with E-state index in [0.717, 1.165) is 5.56 Å². The first kappa shape index (κ1) is 17.6. The molecule has 0 saturated heterocycles. The number of aryl methyl sites for hydroxylation is 1.